The number of alkyl carbamates (subject to hydrolysis) is 1. The van der Waals surface area contributed by atoms with Crippen molar-refractivity contribution in [2.24, 2.45) is 0 Å². The van der Waals surface area contributed by atoms with E-state index in [4.69, 9.17) is 18.4 Å². The second kappa shape index (κ2) is 15.8. The Balaban J connectivity index is 1.07. The first kappa shape index (κ1) is 37.4. The van der Waals surface area contributed by atoms with Crippen LogP contribution in [0, 0.1) is 20.8 Å². The first-order valence-electron chi connectivity index (χ1n) is 18.7. The van der Waals surface area contributed by atoms with Gasteiger partial charge in [-0.15, -0.1) is 0 Å². The van der Waals surface area contributed by atoms with E-state index in [9.17, 15) is 9.59 Å². The molecule has 6 aromatic rings. The van der Waals surface area contributed by atoms with Crippen LogP contribution in [0.25, 0.3) is 11.0 Å². The summed E-state index contributed by atoms with van der Waals surface area (Å²) >= 11 is 0. The molecule has 1 saturated heterocycles. The van der Waals surface area contributed by atoms with Crippen molar-refractivity contribution < 1.29 is 28.0 Å². The third-order valence-electron chi connectivity index (χ3n) is 9.83. The van der Waals surface area contributed by atoms with E-state index in [1.54, 1.807) is 0 Å². The quantitative estimate of drug-likeness (QED) is 0.128. The Morgan fingerprint density at radius 3 is 2.29 bits per heavy atom. The van der Waals surface area contributed by atoms with E-state index < -0.39 is 11.7 Å². The molecule has 3 heterocycles. The van der Waals surface area contributed by atoms with E-state index in [-0.39, 0.29) is 30.5 Å². The number of rotatable bonds is 12. The predicted molar refractivity (Wildman–Crippen MR) is 211 cm³/mol. The summed E-state index contributed by atoms with van der Waals surface area (Å²) in [6.45, 7) is 13.1. The van der Waals surface area contributed by atoms with E-state index in [0.29, 0.717) is 31.0 Å². The number of ether oxygens (including phenoxy) is 2. The summed E-state index contributed by atoms with van der Waals surface area (Å²) in [5, 5.41) is 11.4. The molecule has 0 spiro atoms. The summed E-state index contributed by atoms with van der Waals surface area (Å²) < 4.78 is 23.6. The van der Waals surface area contributed by atoms with Crippen LogP contribution in [0.1, 0.15) is 83.5 Å². The molecule has 0 saturated carbocycles. The predicted octanol–water partition coefficient (Wildman–Crippen LogP) is 8.67. The molecule has 1 aliphatic heterocycles. The Hall–Kier alpha value is -5.87. The molecule has 2 atom stereocenters. The fraction of sp³-hybridized carbons (Fsp3) is 0.311. The fourth-order valence-corrected chi connectivity index (χ4v) is 7.22. The number of aryl methyl sites for hydroxylation is 3. The van der Waals surface area contributed by atoms with Gasteiger partial charge in [-0.25, -0.2) is 4.79 Å². The molecule has 2 N–H and O–H groups in total. The Morgan fingerprint density at radius 1 is 0.891 bits per heavy atom. The maximum Gasteiger partial charge on any atom is 0.407 e. The van der Waals surface area contributed by atoms with Crippen LogP contribution in [-0.2, 0) is 22.6 Å². The number of hydrogen-bond donors (Lipinski definition) is 2. The number of aromatic nitrogens is 1. The first-order chi connectivity index (χ1) is 26.4. The number of furan rings is 1. The summed E-state index contributed by atoms with van der Waals surface area (Å²) in [6.07, 6.45) is -0.243. The van der Waals surface area contributed by atoms with Crippen molar-refractivity contribution in [1.29, 1.82) is 0 Å². The number of nitrogens with one attached hydrogen (secondary N) is 2. The lowest BCUT2D eigenvalue weighted by atomic mass is 9.94. The minimum atomic E-state index is -0.575. The highest BCUT2D eigenvalue weighted by Crippen LogP contribution is 2.39. The van der Waals surface area contributed by atoms with E-state index in [2.05, 4.69) is 20.7 Å². The monoisotopic (exact) mass is 740 g/mol. The van der Waals surface area contributed by atoms with Crippen molar-refractivity contribution in [3.8, 4) is 5.75 Å². The molecule has 0 aliphatic carbocycles. The highest BCUT2D eigenvalue weighted by molar-refractivity contribution is 5.83. The van der Waals surface area contributed by atoms with Gasteiger partial charge in [-0.2, -0.15) is 0 Å². The first-order valence-corrected chi connectivity index (χ1v) is 18.7. The number of likely N-dealkylation sites (tertiary alicyclic amines) is 1. The van der Waals surface area contributed by atoms with Crippen LogP contribution < -0.4 is 15.4 Å². The van der Waals surface area contributed by atoms with Gasteiger partial charge in [0.1, 0.15) is 35.1 Å². The van der Waals surface area contributed by atoms with Crippen molar-refractivity contribution in [2.45, 2.75) is 78.3 Å². The maximum absolute atomic E-state index is 13.8. The van der Waals surface area contributed by atoms with Gasteiger partial charge in [0, 0.05) is 24.0 Å². The van der Waals surface area contributed by atoms with E-state index in [1.807, 2.05) is 145 Å². The van der Waals surface area contributed by atoms with Crippen LogP contribution in [0.4, 0.5) is 4.79 Å². The van der Waals surface area contributed by atoms with Gasteiger partial charge >= 0.3 is 6.09 Å². The number of nitrogens with zero attached hydrogens (tertiary/aromatic N) is 2. The number of fused-ring (bicyclic) bond motifs is 1. The summed E-state index contributed by atoms with van der Waals surface area (Å²) in [5.41, 5.74) is 6.84. The average molecular weight is 741 g/mol. The minimum Gasteiger partial charge on any atom is -0.489 e. The molecular formula is C45H48N4O6. The molecular weight excluding hydrogens is 693 g/mol. The Morgan fingerprint density at radius 2 is 1.62 bits per heavy atom. The molecule has 284 valence electrons. The smallest absolute Gasteiger partial charge is 0.407 e. The number of benzene rings is 4. The second-order valence-electron chi connectivity index (χ2n) is 15.3. The van der Waals surface area contributed by atoms with Crippen LogP contribution in [0.5, 0.6) is 5.75 Å². The Bertz CT molecular complexity index is 2250. The zero-order valence-electron chi connectivity index (χ0n) is 32.2. The summed E-state index contributed by atoms with van der Waals surface area (Å²) in [4.78, 5) is 28.5. The molecule has 2 amide bonds. The van der Waals surface area contributed by atoms with Gasteiger partial charge in [-0.1, -0.05) is 78.0 Å². The molecule has 10 nitrogen and oxygen atoms in total. The lowest BCUT2D eigenvalue weighted by Gasteiger charge is -2.43. The van der Waals surface area contributed by atoms with Crippen molar-refractivity contribution >= 4 is 23.0 Å². The van der Waals surface area contributed by atoms with Crippen LogP contribution in [0.3, 0.4) is 0 Å². The zero-order valence-corrected chi connectivity index (χ0v) is 32.2. The summed E-state index contributed by atoms with van der Waals surface area (Å²) in [5.74, 6) is 2.12. The second-order valence-corrected chi connectivity index (χ2v) is 15.3. The van der Waals surface area contributed by atoms with E-state index in [1.165, 1.54) is 0 Å². The van der Waals surface area contributed by atoms with Crippen LogP contribution >= 0.6 is 0 Å². The molecule has 55 heavy (non-hydrogen) atoms. The summed E-state index contributed by atoms with van der Waals surface area (Å²) in [7, 11) is 0. The zero-order chi connectivity index (χ0) is 38.7. The molecule has 2 unspecified atom stereocenters. The lowest BCUT2D eigenvalue weighted by molar-refractivity contribution is -0.120. The van der Waals surface area contributed by atoms with Crippen LogP contribution in [-0.4, -0.2) is 46.8 Å². The molecule has 0 radical (unpaired) electrons. The molecule has 1 aliphatic rings. The minimum absolute atomic E-state index is 0.0678. The number of hydrogen-bond acceptors (Lipinski definition) is 8. The fourth-order valence-electron chi connectivity index (χ4n) is 7.22. The van der Waals surface area contributed by atoms with Crippen molar-refractivity contribution in [2.75, 3.05) is 13.1 Å². The molecule has 4 aromatic carbocycles. The normalized spacial score (nSPS) is 14.6. The van der Waals surface area contributed by atoms with Gasteiger partial charge in [0.2, 0.25) is 5.91 Å². The molecule has 10 heteroatoms. The third kappa shape index (κ3) is 8.92. The van der Waals surface area contributed by atoms with Crippen molar-refractivity contribution in [3.05, 3.63) is 154 Å². The highest BCUT2D eigenvalue weighted by Gasteiger charge is 2.39. The topological polar surface area (TPSA) is 119 Å². The summed E-state index contributed by atoms with van der Waals surface area (Å²) in [6, 6.07) is 33.3. The number of carbonyl (C=O) groups excluding carboxylic acids is 2. The SMILES string of the molecule is Cc1cc(OCc2ccccc2)ccc1C(NC(=O)Cc1ccc2oc(C(c3c(C)noc3C)N3CC(NC(=O)OC(C)(C)C)C3)cc2c1)c1ccccc1. The van der Waals surface area contributed by atoms with Crippen LogP contribution in [0.15, 0.2) is 112 Å². The molecule has 2 aromatic heterocycles. The van der Waals surface area contributed by atoms with Gasteiger partial charge in [0.05, 0.1) is 30.2 Å². The maximum atomic E-state index is 13.8. The van der Waals surface area contributed by atoms with Crippen molar-refractivity contribution in [1.82, 2.24) is 20.7 Å². The van der Waals surface area contributed by atoms with E-state index >= 15 is 0 Å². The van der Waals surface area contributed by atoms with Gasteiger partial charge in [-0.3, -0.25) is 9.69 Å². The Labute approximate surface area is 321 Å². The number of carbonyl (C=O) groups is 2. The Kier molecular flexibility index (Phi) is 10.8. The van der Waals surface area contributed by atoms with Crippen LogP contribution in [0.2, 0.25) is 0 Å². The molecule has 1 fully saturated rings. The van der Waals surface area contributed by atoms with E-state index in [0.717, 1.165) is 56.0 Å². The highest BCUT2D eigenvalue weighted by atomic mass is 16.6. The largest absolute Gasteiger partial charge is 0.489 e. The van der Waals surface area contributed by atoms with Gasteiger partial charge in [0.25, 0.3) is 0 Å². The van der Waals surface area contributed by atoms with Gasteiger partial charge in [-0.05, 0) is 99.7 Å². The molecule has 7 rings (SSSR count). The van der Waals surface area contributed by atoms with Gasteiger partial charge in [0.15, 0.2) is 0 Å². The number of amides is 2. The third-order valence-corrected chi connectivity index (χ3v) is 9.83. The van der Waals surface area contributed by atoms with Gasteiger partial charge < -0.3 is 29.0 Å². The average Bonchev–Trinajstić information content (AvgIpc) is 3.70. The van der Waals surface area contributed by atoms with Crippen molar-refractivity contribution in [3.63, 3.8) is 0 Å². The molecule has 0 bridgehead atoms. The lowest BCUT2D eigenvalue weighted by Crippen LogP contribution is -2.60. The standard InChI is InChI=1S/C45H48N4O6/c1-28-21-36(52-27-31-13-9-7-10-14-31)18-19-37(28)42(33-15-11-8-12-16-33)47-40(50)23-32-17-20-38-34(22-32)24-39(53-38)43(41-29(2)48-55-30(41)3)49-25-35(26-49)46-44(51)54-45(4,5)6/h7-22,24,35,42-43H,23,25-27H2,1-6H3,(H,46,51)(H,47,50).